The fraction of sp³-hybridized carbons (Fsp3) is 0. The topological polar surface area (TPSA) is 12.9 Å². The molecular formula is C11H10BN. The Morgan fingerprint density at radius 3 is 2.54 bits per heavy atom. The van der Waals surface area contributed by atoms with Crippen LogP contribution in [0.15, 0.2) is 48.8 Å². The smallest absolute Gasteiger partial charge is 0.139 e. The second kappa shape index (κ2) is 3.44. The van der Waals surface area contributed by atoms with Crippen molar-refractivity contribution < 1.29 is 0 Å². The highest BCUT2D eigenvalue weighted by atomic mass is 14.6. The van der Waals surface area contributed by atoms with Gasteiger partial charge in [0.25, 0.3) is 0 Å². The highest BCUT2D eigenvalue weighted by molar-refractivity contribution is 6.32. The van der Waals surface area contributed by atoms with Crippen molar-refractivity contribution in [2.75, 3.05) is 0 Å². The third-order valence-corrected chi connectivity index (χ3v) is 2.01. The molecule has 2 aromatic rings. The normalized spacial score (nSPS) is 9.85. The molecule has 0 unspecified atom stereocenters. The summed E-state index contributed by atoms with van der Waals surface area (Å²) in [6.07, 6.45) is 3.67. The van der Waals surface area contributed by atoms with E-state index in [0.29, 0.717) is 0 Å². The van der Waals surface area contributed by atoms with Gasteiger partial charge in [0, 0.05) is 12.4 Å². The van der Waals surface area contributed by atoms with Crippen LogP contribution in [-0.2, 0) is 0 Å². The predicted molar refractivity (Wildman–Crippen MR) is 57.9 cm³/mol. The van der Waals surface area contributed by atoms with E-state index < -0.39 is 0 Å². The molecule has 0 N–H and O–H groups in total. The summed E-state index contributed by atoms with van der Waals surface area (Å²) in [6, 6.07) is 12.5. The molecule has 2 rings (SSSR count). The third-order valence-electron chi connectivity index (χ3n) is 2.01. The fourth-order valence-corrected chi connectivity index (χ4v) is 1.36. The Hall–Kier alpha value is -1.57. The zero-order chi connectivity index (χ0) is 9.10. The van der Waals surface area contributed by atoms with Gasteiger partial charge in [-0.2, -0.15) is 0 Å². The maximum Gasteiger partial charge on any atom is 0.139 e. The van der Waals surface area contributed by atoms with Gasteiger partial charge in [-0.25, -0.2) is 0 Å². The number of hydrogen-bond acceptors (Lipinski definition) is 1. The molecule has 0 bridgehead atoms. The van der Waals surface area contributed by atoms with Gasteiger partial charge in [0.05, 0.1) is 0 Å². The first-order valence-corrected chi connectivity index (χ1v) is 4.33. The van der Waals surface area contributed by atoms with Crippen LogP contribution in [-0.4, -0.2) is 12.8 Å². The SMILES string of the molecule is Bc1cccc(-c2cccnc2)c1. The quantitative estimate of drug-likeness (QED) is 0.577. The molecule has 0 saturated carbocycles. The largest absolute Gasteiger partial charge is 0.264 e. The Balaban J connectivity index is 2.48. The fourth-order valence-electron chi connectivity index (χ4n) is 1.36. The van der Waals surface area contributed by atoms with E-state index in [2.05, 4.69) is 43.2 Å². The van der Waals surface area contributed by atoms with E-state index in [-0.39, 0.29) is 0 Å². The van der Waals surface area contributed by atoms with Crippen LogP contribution in [0.1, 0.15) is 0 Å². The molecule has 1 heterocycles. The Kier molecular flexibility index (Phi) is 2.13. The molecule has 1 nitrogen and oxygen atoms in total. The van der Waals surface area contributed by atoms with Crippen LogP contribution >= 0.6 is 0 Å². The van der Waals surface area contributed by atoms with Crippen LogP contribution in [0.2, 0.25) is 0 Å². The number of aromatic nitrogens is 1. The number of benzene rings is 1. The zero-order valence-electron chi connectivity index (χ0n) is 7.57. The molecule has 2 heteroatoms. The average molecular weight is 167 g/mol. The van der Waals surface area contributed by atoms with Crippen molar-refractivity contribution in [2.24, 2.45) is 0 Å². The molecule has 1 aromatic carbocycles. The van der Waals surface area contributed by atoms with Crippen molar-refractivity contribution in [3.63, 3.8) is 0 Å². The van der Waals surface area contributed by atoms with Gasteiger partial charge in [0.1, 0.15) is 7.85 Å². The van der Waals surface area contributed by atoms with Crippen LogP contribution in [0.25, 0.3) is 11.1 Å². The van der Waals surface area contributed by atoms with Gasteiger partial charge in [-0.05, 0) is 17.2 Å². The highest BCUT2D eigenvalue weighted by Gasteiger charge is 1.95. The molecule has 0 aliphatic rings. The van der Waals surface area contributed by atoms with Crippen molar-refractivity contribution in [1.82, 2.24) is 4.98 Å². The van der Waals surface area contributed by atoms with Crippen LogP contribution in [0.5, 0.6) is 0 Å². The number of rotatable bonds is 1. The van der Waals surface area contributed by atoms with Crippen LogP contribution < -0.4 is 5.46 Å². The molecule has 0 saturated heterocycles. The van der Waals surface area contributed by atoms with Crippen LogP contribution in [0.3, 0.4) is 0 Å². The molecule has 0 amide bonds. The lowest BCUT2D eigenvalue weighted by molar-refractivity contribution is 1.33. The molecule has 62 valence electrons. The minimum atomic E-state index is 1.17. The highest BCUT2D eigenvalue weighted by Crippen LogP contribution is 2.15. The van der Waals surface area contributed by atoms with E-state index in [9.17, 15) is 0 Å². The summed E-state index contributed by atoms with van der Waals surface area (Å²) in [5.41, 5.74) is 3.68. The molecule has 0 aliphatic heterocycles. The van der Waals surface area contributed by atoms with E-state index in [0.717, 1.165) is 0 Å². The van der Waals surface area contributed by atoms with Gasteiger partial charge < -0.3 is 0 Å². The van der Waals surface area contributed by atoms with E-state index in [4.69, 9.17) is 0 Å². The van der Waals surface area contributed by atoms with Gasteiger partial charge in [-0.15, -0.1) is 0 Å². The van der Waals surface area contributed by atoms with Gasteiger partial charge in [-0.1, -0.05) is 35.8 Å². The summed E-state index contributed by atoms with van der Waals surface area (Å²) < 4.78 is 0. The predicted octanol–water partition coefficient (Wildman–Crippen LogP) is 1.01. The standard InChI is InChI=1S/C11H10BN/c12-11-5-1-3-9(7-11)10-4-2-6-13-8-10/h1-8H,12H2. The van der Waals surface area contributed by atoms with E-state index >= 15 is 0 Å². The maximum atomic E-state index is 4.09. The lowest BCUT2D eigenvalue weighted by Crippen LogP contribution is -2.00. The Labute approximate surface area is 78.9 Å². The minimum Gasteiger partial charge on any atom is -0.264 e. The second-order valence-corrected chi connectivity index (χ2v) is 3.11. The number of nitrogens with zero attached hydrogens (tertiary/aromatic N) is 1. The molecule has 0 fully saturated rings. The first-order chi connectivity index (χ1) is 6.36. The second-order valence-electron chi connectivity index (χ2n) is 3.11. The molecule has 0 radical (unpaired) electrons. The lowest BCUT2D eigenvalue weighted by Gasteiger charge is -2.00. The molecule has 0 atom stereocenters. The van der Waals surface area contributed by atoms with Gasteiger partial charge in [-0.3, -0.25) is 4.98 Å². The third kappa shape index (κ3) is 1.78. The van der Waals surface area contributed by atoms with Crippen molar-refractivity contribution >= 4 is 13.3 Å². The van der Waals surface area contributed by atoms with Crippen LogP contribution in [0.4, 0.5) is 0 Å². The van der Waals surface area contributed by atoms with Gasteiger partial charge in [0.2, 0.25) is 0 Å². The van der Waals surface area contributed by atoms with Gasteiger partial charge in [0.15, 0.2) is 0 Å². The summed E-state index contributed by atoms with van der Waals surface area (Å²) in [6.45, 7) is 0. The Bertz CT molecular complexity index is 398. The first kappa shape index (κ1) is 8.05. The van der Waals surface area contributed by atoms with Crippen molar-refractivity contribution in [3.8, 4) is 11.1 Å². The van der Waals surface area contributed by atoms with Crippen molar-refractivity contribution in [1.29, 1.82) is 0 Å². The number of hydrogen-bond donors (Lipinski definition) is 0. The average Bonchev–Trinajstić information content (AvgIpc) is 2.19. The maximum absolute atomic E-state index is 4.09. The first-order valence-electron chi connectivity index (χ1n) is 4.33. The van der Waals surface area contributed by atoms with Crippen LogP contribution in [0, 0.1) is 0 Å². The molecule has 13 heavy (non-hydrogen) atoms. The zero-order valence-corrected chi connectivity index (χ0v) is 7.57. The summed E-state index contributed by atoms with van der Waals surface area (Å²) in [4.78, 5) is 4.09. The van der Waals surface area contributed by atoms with Crippen molar-refractivity contribution in [2.45, 2.75) is 0 Å². The molecule has 0 aliphatic carbocycles. The van der Waals surface area contributed by atoms with Crippen molar-refractivity contribution in [3.05, 3.63) is 48.8 Å². The Morgan fingerprint density at radius 1 is 1.00 bits per heavy atom. The molecule has 1 aromatic heterocycles. The van der Waals surface area contributed by atoms with Gasteiger partial charge >= 0.3 is 0 Å². The summed E-state index contributed by atoms with van der Waals surface area (Å²) >= 11 is 0. The summed E-state index contributed by atoms with van der Waals surface area (Å²) in [5.74, 6) is 0. The Morgan fingerprint density at radius 2 is 1.85 bits per heavy atom. The monoisotopic (exact) mass is 167 g/mol. The minimum absolute atomic E-state index is 1.17. The summed E-state index contributed by atoms with van der Waals surface area (Å²) in [7, 11) is 2.10. The molecule has 0 spiro atoms. The number of pyridine rings is 1. The van der Waals surface area contributed by atoms with E-state index in [1.165, 1.54) is 16.6 Å². The molecular weight excluding hydrogens is 157 g/mol. The van der Waals surface area contributed by atoms with E-state index in [1.807, 2.05) is 12.3 Å². The summed E-state index contributed by atoms with van der Waals surface area (Å²) in [5, 5.41) is 0. The lowest BCUT2D eigenvalue weighted by atomic mass is 9.93. The van der Waals surface area contributed by atoms with E-state index in [1.54, 1.807) is 6.20 Å².